The van der Waals surface area contributed by atoms with Crippen molar-refractivity contribution in [2.75, 3.05) is 6.61 Å². The predicted molar refractivity (Wildman–Crippen MR) is 92.9 cm³/mol. The summed E-state index contributed by atoms with van der Waals surface area (Å²) in [5, 5.41) is 10.7. The van der Waals surface area contributed by atoms with Gasteiger partial charge in [-0.15, -0.1) is 0 Å². The number of nitro benzene ring substituents is 1. The Morgan fingerprint density at radius 3 is 2.15 bits per heavy atom. The second-order valence-corrected chi connectivity index (χ2v) is 5.47. The number of carbonyl (C=O) groups excluding carboxylic acids is 3. The van der Waals surface area contributed by atoms with E-state index in [0.29, 0.717) is 5.56 Å². The number of ether oxygens (including phenoxy) is 1. The number of nitrogens with zero attached hydrogens (tertiary/aromatic N) is 1. The van der Waals surface area contributed by atoms with E-state index >= 15 is 0 Å². The van der Waals surface area contributed by atoms with E-state index in [2.05, 4.69) is 0 Å². The average molecular weight is 355 g/mol. The van der Waals surface area contributed by atoms with Gasteiger partial charge in [-0.25, -0.2) is 0 Å². The fourth-order valence-corrected chi connectivity index (χ4v) is 2.40. The fourth-order valence-electron chi connectivity index (χ4n) is 2.40. The highest BCUT2D eigenvalue weighted by molar-refractivity contribution is 6.12. The van der Waals surface area contributed by atoms with Gasteiger partial charge < -0.3 is 4.74 Å². The highest BCUT2D eigenvalue weighted by Crippen LogP contribution is 2.19. The van der Waals surface area contributed by atoms with Crippen LogP contribution in [0.5, 0.6) is 0 Å². The first-order chi connectivity index (χ1) is 12.4. The van der Waals surface area contributed by atoms with Crippen LogP contribution in [0.1, 0.15) is 34.1 Å². The van der Waals surface area contributed by atoms with Gasteiger partial charge in [0.25, 0.3) is 5.69 Å². The molecule has 7 heteroatoms. The van der Waals surface area contributed by atoms with Gasteiger partial charge >= 0.3 is 5.97 Å². The van der Waals surface area contributed by atoms with E-state index in [9.17, 15) is 24.5 Å². The largest absolute Gasteiger partial charge is 0.465 e. The maximum atomic E-state index is 12.6. The molecule has 2 rings (SSSR count). The van der Waals surface area contributed by atoms with Crippen molar-refractivity contribution in [1.29, 1.82) is 0 Å². The van der Waals surface area contributed by atoms with Crippen LogP contribution in [0.2, 0.25) is 0 Å². The second-order valence-electron chi connectivity index (χ2n) is 5.47. The molecule has 0 saturated carbocycles. The quantitative estimate of drug-likeness (QED) is 0.237. The molecule has 26 heavy (non-hydrogen) atoms. The van der Waals surface area contributed by atoms with Gasteiger partial charge in [0.05, 0.1) is 11.5 Å². The predicted octanol–water partition coefficient (Wildman–Crippen LogP) is 3.23. The topological polar surface area (TPSA) is 104 Å². The number of esters is 1. The van der Waals surface area contributed by atoms with Gasteiger partial charge in [0.1, 0.15) is 5.92 Å². The van der Waals surface area contributed by atoms with Crippen LogP contribution in [0.15, 0.2) is 54.6 Å². The minimum Gasteiger partial charge on any atom is -0.465 e. The fraction of sp³-hybridized carbons (Fsp3) is 0.211. The van der Waals surface area contributed by atoms with Crippen molar-refractivity contribution in [1.82, 2.24) is 0 Å². The van der Waals surface area contributed by atoms with E-state index in [4.69, 9.17) is 4.74 Å². The van der Waals surface area contributed by atoms with E-state index in [-0.39, 0.29) is 24.3 Å². The molecule has 1 atom stereocenters. The lowest BCUT2D eigenvalue weighted by atomic mass is 9.91. The first kappa shape index (κ1) is 19.0. The van der Waals surface area contributed by atoms with Crippen LogP contribution in [0.25, 0.3) is 0 Å². The summed E-state index contributed by atoms with van der Waals surface area (Å²) in [5.74, 6) is -3.00. The normalized spacial score (nSPS) is 11.4. The number of carbonyl (C=O) groups is 3. The van der Waals surface area contributed by atoms with Crippen LogP contribution in [-0.2, 0) is 9.53 Å². The molecule has 134 valence electrons. The van der Waals surface area contributed by atoms with Crippen LogP contribution >= 0.6 is 0 Å². The Bertz CT molecular complexity index is 814. The molecule has 0 aromatic heterocycles. The van der Waals surface area contributed by atoms with Gasteiger partial charge in [-0.1, -0.05) is 30.3 Å². The number of non-ortho nitro benzene ring substituents is 1. The minimum atomic E-state index is -1.26. The van der Waals surface area contributed by atoms with Crippen molar-refractivity contribution in [2.24, 2.45) is 5.92 Å². The SMILES string of the molecule is CCOC(=O)C(CC(=O)c1ccc([N+](=O)[O-])cc1)C(=O)c1ccccc1. The number of ketones is 2. The Kier molecular flexibility index (Phi) is 6.32. The molecule has 0 saturated heterocycles. The van der Waals surface area contributed by atoms with E-state index in [1.54, 1.807) is 37.3 Å². The van der Waals surface area contributed by atoms with E-state index in [0.717, 1.165) is 0 Å². The zero-order valence-corrected chi connectivity index (χ0v) is 14.1. The number of Topliss-reactive ketones (excluding diaryl/α,β-unsaturated/α-hetero) is 2. The molecule has 0 N–H and O–H groups in total. The van der Waals surface area contributed by atoms with Crippen molar-refractivity contribution in [3.05, 3.63) is 75.8 Å². The second kappa shape index (κ2) is 8.66. The third-order valence-corrected chi connectivity index (χ3v) is 3.74. The number of hydrogen-bond acceptors (Lipinski definition) is 6. The molecular weight excluding hydrogens is 338 g/mol. The molecular formula is C19H17NO6. The molecule has 0 aliphatic carbocycles. The third-order valence-electron chi connectivity index (χ3n) is 3.74. The van der Waals surface area contributed by atoms with Crippen molar-refractivity contribution < 1.29 is 24.0 Å². The van der Waals surface area contributed by atoms with Gasteiger partial charge in [0, 0.05) is 29.7 Å². The van der Waals surface area contributed by atoms with Gasteiger partial charge in [0.2, 0.25) is 0 Å². The number of nitro groups is 1. The van der Waals surface area contributed by atoms with Gasteiger partial charge in [0.15, 0.2) is 11.6 Å². The summed E-state index contributed by atoms with van der Waals surface area (Å²) in [6.07, 6.45) is -0.371. The Labute approximate surface area is 149 Å². The smallest absolute Gasteiger partial charge is 0.317 e. The first-order valence-electron chi connectivity index (χ1n) is 7.97. The van der Waals surface area contributed by atoms with Crippen molar-refractivity contribution >= 4 is 23.2 Å². The zero-order valence-electron chi connectivity index (χ0n) is 14.1. The number of rotatable bonds is 8. The molecule has 0 bridgehead atoms. The molecule has 0 aliphatic heterocycles. The minimum absolute atomic E-state index is 0.0864. The summed E-state index contributed by atoms with van der Waals surface area (Å²) in [6.45, 7) is 1.70. The summed E-state index contributed by atoms with van der Waals surface area (Å²) in [4.78, 5) is 47.4. The monoisotopic (exact) mass is 355 g/mol. The summed E-state index contributed by atoms with van der Waals surface area (Å²) < 4.78 is 4.93. The maximum Gasteiger partial charge on any atom is 0.317 e. The van der Waals surface area contributed by atoms with Crippen LogP contribution < -0.4 is 0 Å². The van der Waals surface area contributed by atoms with E-state index in [1.807, 2.05) is 0 Å². The molecule has 2 aromatic rings. The lowest BCUT2D eigenvalue weighted by Gasteiger charge is -2.14. The Balaban J connectivity index is 2.23. The average Bonchev–Trinajstić information content (AvgIpc) is 2.66. The number of hydrogen-bond donors (Lipinski definition) is 0. The molecule has 0 heterocycles. The first-order valence-corrected chi connectivity index (χ1v) is 7.97. The van der Waals surface area contributed by atoms with Gasteiger partial charge in [-0.3, -0.25) is 24.5 Å². The van der Waals surface area contributed by atoms with Crippen LogP contribution in [0, 0.1) is 16.0 Å². The van der Waals surface area contributed by atoms with Gasteiger partial charge in [-0.2, -0.15) is 0 Å². The molecule has 0 radical (unpaired) electrons. The molecule has 0 amide bonds. The molecule has 7 nitrogen and oxygen atoms in total. The third kappa shape index (κ3) is 4.60. The molecule has 1 unspecified atom stereocenters. The summed E-state index contributed by atoms with van der Waals surface area (Å²) >= 11 is 0. The van der Waals surface area contributed by atoms with Crippen LogP contribution in [0.4, 0.5) is 5.69 Å². The summed E-state index contributed by atoms with van der Waals surface area (Å²) in [5.41, 5.74) is 0.344. The number of benzene rings is 2. The summed E-state index contributed by atoms with van der Waals surface area (Å²) in [7, 11) is 0. The van der Waals surface area contributed by atoms with Crippen molar-refractivity contribution in [3.8, 4) is 0 Å². The van der Waals surface area contributed by atoms with Crippen LogP contribution in [0.3, 0.4) is 0 Å². The lowest BCUT2D eigenvalue weighted by molar-refractivity contribution is -0.384. The Morgan fingerprint density at radius 1 is 1.00 bits per heavy atom. The molecule has 0 spiro atoms. The summed E-state index contributed by atoms with van der Waals surface area (Å²) in [6, 6.07) is 13.2. The van der Waals surface area contributed by atoms with E-state index < -0.39 is 28.4 Å². The Morgan fingerprint density at radius 2 is 1.62 bits per heavy atom. The lowest BCUT2D eigenvalue weighted by Crippen LogP contribution is -2.29. The Hall–Kier alpha value is -3.35. The van der Waals surface area contributed by atoms with Crippen molar-refractivity contribution in [2.45, 2.75) is 13.3 Å². The standard InChI is InChI=1S/C19H17NO6/c1-2-26-19(23)16(18(22)14-6-4-3-5-7-14)12-17(21)13-8-10-15(11-9-13)20(24)25/h3-11,16H,2,12H2,1H3. The van der Waals surface area contributed by atoms with Gasteiger partial charge in [-0.05, 0) is 19.1 Å². The molecule has 0 aliphatic rings. The molecule has 2 aromatic carbocycles. The van der Waals surface area contributed by atoms with Crippen LogP contribution in [-0.4, -0.2) is 29.1 Å². The zero-order chi connectivity index (χ0) is 19.1. The van der Waals surface area contributed by atoms with Crippen molar-refractivity contribution in [3.63, 3.8) is 0 Å². The van der Waals surface area contributed by atoms with E-state index in [1.165, 1.54) is 24.3 Å². The maximum absolute atomic E-state index is 12.6. The molecule has 0 fully saturated rings. The highest BCUT2D eigenvalue weighted by atomic mass is 16.6. The highest BCUT2D eigenvalue weighted by Gasteiger charge is 2.31.